The molecular formula is C23H30FNO5S. The lowest BCUT2D eigenvalue weighted by atomic mass is 9.48. The van der Waals surface area contributed by atoms with Gasteiger partial charge in [-0.1, -0.05) is 13.8 Å². The summed E-state index contributed by atoms with van der Waals surface area (Å²) in [6, 6.07) is 3.14. The quantitative estimate of drug-likeness (QED) is 0.562. The van der Waals surface area contributed by atoms with E-state index in [0.717, 1.165) is 35.7 Å². The SMILES string of the molecule is CCN(CC)S(=O)(=O)c1cc(C(=O)OCC(=O)C23CC4CC(CC(C4)C2)C3)ccc1F. The van der Waals surface area contributed by atoms with Gasteiger partial charge >= 0.3 is 5.97 Å². The molecule has 4 fully saturated rings. The van der Waals surface area contributed by atoms with Crippen LogP contribution in [-0.2, 0) is 19.6 Å². The lowest BCUT2D eigenvalue weighted by molar-refractivity contribution is -0.147. The Balaban J connectivity index is 1.46. The van der Waals surface area contributed by atoms with Crippen LogP contribution in [0.25, 0.3) is 0 Å². The second-order valence-corrected chi connectivity index (χ2v) is 11.3. The molecule has 1 aromatic rings. The van der Waals surface area contributed by atoms with E-state index in [1.807, 2.05) is 0 Å². The monoisotopic (exact) mass is 451 g/mol. The van der Waals surface area contributed by atoms with Gasteiger partial charge in [0.05, 0.1) is 5.56 Å². The second-order valence-electron chi connectivity index (χ2n) is 9.43. The third-order valence-corrected chi connectivity index (χ3v) is 9.52. The van der Waals surface area contributed by atoms with E-state index in [-0.39, 0.29) is 36.5 Å². The largest absolute Gasteiger partial charge is 0.454 e. The van der Waals surface area contributed by atoms with E-state index in [1.54, 1.807) is 13.8 Å². The van der Waals surface area contributed by atoms with Crippen molar-refractivity contribution in [2.24, 2.45) is 23.2 Å². The Labute approximate surface area is 183 Å². The van der Waals surface area contributed by atoms with Crippen LogP contribution < -0.4 is 0 Å². The number of sulfonamides is 1. The fraction of sp³-hybridized carbons (Fsp3) is 0.652. The van der Waals surface area contributed by atoms with E-state index >= 15 is 0 Å². The van der Waals surface area contributed by atoms with Crippen LogP contribution in [0.3, 0.4) is 0 Å². The predicted octanol–water partition coefficient (Wildman–Crippen LogP) is 3.80. The molecule has 4 bridgehead atoms. The molecule has 4 aliphatic carbocycles. The van der Waals surface area contributed by atoms with Crippen LogP contribution in [0.2, 0.25) is 0 Å². The Morgan fingerprint density at radius 1 is 1.06 bits per heavy atom. The van der Waals surface area contributed by atoms with Crippen molar-refractivity contribution in [1.82, 2.24) is 4.31 Å². The number of rotatable bonds is 8. The molecule has 0 N–H and O–H groups in total. The first-order valence-electron chi connectivity index (χ1n) is 11.2. The number of halogens is 1. The molecule has 31 heavy (non-hydrogen) atoms. The maximum atomic E-state index is 14.3. The highest BCUT2D eigenvalue weighted by molar-refractivity contribution is 7.89. The molecule has 4 aliphatic rings. The normalized spacial score (nSPS) is 29.4. The summed E-state index contributed by atoms with van der Waals surface area (Å²) in [7, 11) is -4.07. The smallest absolute Gasteiger partial charge is 0.338 e. The van der Waals surface area contributed by atoms with Gasteiger partial charge < -0.3 is 4.74 Å². The van der Waals surface area contributed by atoms with E-state index in [1.165, 1.54) is 25.3 Å². The van der Waals surface area contributed by atoms with Crippen molar-refractivity contribution < 1.29 is 27.1 Å². The van der Waals surface area contributed by atoms with E-state index in [0.29, 0.717) is 17.8 Å². The van der Waals surface area contributed by atoms with Crippen LogP contribution in [0.5, 0.6) is 0 Å². The molecular weight excluding hydrogens is 421 g/mol. The summed E-state index contributed by atoms with van der Waals surface area (Å²) in [5.41, 5.74) is -0.444. The number of Topliss-reactive ketones (excluding diaryl/α,β-unsaturated/α-hetero) is 1. The second kappa shape index (κ2) is 8.28. The molecule has 0 heterocycles. The fourth-order valence-electron chi connectivity index (χ4n) is 6.35. The molecule has 0 aromatic heterocycles. The van der Waals surface area contributed by atoms with Gasteiger partial charge in [0, 0.05) is 18.5 Å². The van der Waals surface area contributed by atoms with E-state index in [2.05, 4.69) is 0 Å². The molecule has 0 saturated heterocycles. The van der Waals surface area contributed by atoms with Crippen molar-refractivity contribution in [3.63, 3.8) is 0 Å². The maximum absolute atomic E-state index is 14.3. The Hall–Kier alpha value is -1.80. The zero-order valence-electron chi connectivity index (χ0n) is 18.1. The van der Waals surface area contributed by atoms with Crippen molar-refractivity contribution in [2.45, 2.75) is 57.3 Å². The molecule has 4 saturated carbocycles. The lowest BCUT2D eigenvalue weighted by Crippen LogP contribution is -2.51. The number of carbonyl (C=O) groups is 2. The van der Waals surface area contributed by atoms with Crippen molar-refractivity contribution >= 4 is 21.8 Å². The minimum Gasteiger partial charge on any atom is -0.454 e. The molecule has 1 aromatic carbocycles. The molecule has 0 atom stereocenters. The summed E-state index contributed by atoms with van der Waals surface area (Å²) < 4.78 is 46.1. The number of ketones is 1. The first-order valence-corrected chi connectivity index (χ1v) is 12.6. The highest BCUT2D eigenvalue weighted by Crippen LogP contribution is 2.60. The fourth-order valence-corrected chi connectivity index (χ4v) is 7.90. The molecule has 5 rings (SSSR count). The molecule has 0 radical (unpaired) electrons. The Bertz CT molecular complexity index is 950. The Morgan fingerprint density at radius 2 is 1.61 bits per heavy atom. The number of hydrogen-bond donors (Lipinski definition) is 0. The van der Waals surface area contributed by atoms with Crippen molar-refractivity contribution in [1.29, 1.82) is 0 Å². The molecule has 170 valence electrons. The number of ether oxygens (including phenoxy) is 1. The van der Waals surface area contributed by atoms with Crippen LogP contribution in [0.15, 0.2) is 23.1 Å². The predicted molar refractivity (Wildman–Crippen MR) is 112 cm³/mol. The summed E-state index contributed by atoms with van der Waals surface area (Å²) in [6.07, 6.45) is 6.30. The molecule has 0 amide bonds. The van der Waals surface area contributed by atoms with Gasteiger partial charge in [-0.05, 0) is 74.5 Å². The highest BCUT2D eigenvalue weighted by atomic mass is 32.2. The third kappa shape index (κ3) is 4.04. The molecule has 0 aliphatic heterocycles. The van der Waals surface area contributed by atoms with Crippen LogP contribution in [0.1, 0.15) is 62.7 Å². The number of esters is 1. The van der Waals surface area contributed by atoms with Crippen molar-refractivity contribution in [3.8, 4) is 0 Å². The van der Waals surface area contributed by atoms with Crippen molar-refractivity contribution in [2.75, 3.05) is 19.7 Å². The summed E-state index contributed by atoms with van der Waals surface area (Å²) >= 11 is 0. The van der Waals surface area contributed by atoms with Gasteiger partial charge in [-0.3, -0.25) is 4.79 Å². The molecule has 8 heteroatoms. The van der Waals surface area contributed by atoms with E-state index in [9.17, 15) is 22.4 Å². The minimum atomic E-state index is -4.07. The summed E-state index contributed by atoms with van der Waals surface area (Å²) in [6.45, 7) is 3.37. The number of hydrogen-bond acceptors (Lipinski definition) is 5. The number of nitrogens with zero attached hydrogens (tertiary/aromatic N) is 1. The first-order chi connectivity index (χ1) is 14.7. The highest BCUT2D eigenvalue weighted by Gasteiger charge is 2.54. The number of carbonyl (C=O) groups excluding carboxylic acids is 2. The number of benzene rings is 1. The topological polar surface area (TPSA) is 80.8 Å². The standard InChI is InChI=1S/C23H30FNO5S/c1-3-25(4-2)31(28,29)20-10-18(5-6-19(20)24)22(27)30-14-21(26)23-11-15-7-16(12-23)9-17(8-15)13-23/h5-6,10,15-17H,3-4,7-9,11-14H2,1-2H3. The van der Waals surface area contributed by atoms with Gasteiger partial charge in [0.2, 0.25) is 10.0 Å². The molecule has 6 nitrogen and oxygen atoms in total. The van der Waals surface area contributed by atoms with Crippen LogP contribution in [-0.4, -0.2) is 44.2 Å². The van der Waals surface area contributed by atoms with Gasteiger partial charge in [0.15, 0.2) is 12.4 Å². The van der Waals surface area contributed by atoms with Gasteiger partial charge in [-0.2, -0.15) is 4.31 Å². The summed E-state index contributed by atoms with van der Waals surface area (Å²) in [5.74, 6) is 0.0581. The first kappa shape index (κ1) is 22.4. The Kier molecular flexibility index (Phi) is 5.98. The average Bonchev–Trinajstić information content (AvgIpc) is 2.71. The molecule has 0 unspecified atom stereocenters. The molecule has 0 spiro atoms. The lowest BCUT2D eigenvalue weighted by Gasteiger charge is -2.55. The van der Waals surface area contributed by atoms with Crippen molar-refractivity contribution in [3.05, 3.63) is 29.6 Å². The third-order valence-electron chi connectivity index (χ3n) is 7.45. The van der Waals surface area contributed by atoms with Crippen LogP contribution in [0.4, 0.5) is 4.39 Å². The maximum Gasteiger partial charge on any atom is 0.338 e. The minimum absolute atomic E-state index is 0.0296. The summed E-state index contributed by atoms with van der Waals surface area (Å²) in [4.78, 5) is 25.1. The van der Waals surface area contributed by atoms with Gasteiger partial charge in [-0.15, -0.1) is 0 Å². The Morgan fingerprint density at radius 3 is 2.13 bits per heavy atom. The van der Waals surface area contributed by atoms with E-state index in [4.69, 9.17) is 4.74 Å². The van der Waals surface area contributed by atoms with Gasteiger partial charge in [-0.25, -0.2) is 17.6 Å². The van der Waals surface area contributed by atoms with E-state index < -0.39 is 26.7 Å². The zero-order chi connectivity index (χ0) is 22.4. The van der Waals surface area contributed by atoms with Crippen LogP contribution in [0, 0.1) is 29.0 Å². The van der Waals surface area contributed by atoms with Gasteiger partial charge in [0.1, 0.15) is 10.7 Å². The van der Waals surface area contributed by atoms with Crippen LogP contribution >= 0.6 is 0 Å². The summed E-state index contributed by atoms with van der Waals surface area (Å²) in [5, 5.41) is 0. The zero-order valence-corrected chi connectivity index (χ0v) is 18.9. The van der Waals surface area contributed by atoms with Gasteiger partial charge in [0.25, 0.3) is 0 Å². The average molecular weight is 452 g/mol.